The van der Waals surface area contributed by atoms with Gasteiger partial charge in [-0.2, -0.15) is 0 Å². The van der Waals surface area contributed by atoms with Crippen LogP contribution in [0.2, 0.25) is 5.02 Å². The lowest BCUT2D eigenvalue weighted by atomic mass is 10.0. The molecule has 1 amide bonds. The van der Waals surface area contributed by atoms with Gasteiger partial charge in [0.05, 0.1) is 16.0 Å². The van der Waals surface area contributed by atoms with E-state index in [0.717, 1.165) is 17.9 Å². The van der Waals surface area contributed by atoms with Crippen LogP contribution in [0.5, 0.6) is 0 Å². The van der Waals surface area contributed by atoms with Crippen molar-refractivity contribution < 1.29 is 9.18 Å². The Morgan fingerprint density at radius 3 is 2.39 bits per heavy atom. The minimum Gasteiger partial charge on any atom is -0.366 e. The number of hydrogen-bond acceptors (Lipinski definition) is 2. The van der Waals surface area contributed by atoms with Gasteiger partial charge in [-0.3, -0.25) is 14.2 Å². The summed E-state index contributed by atoms with van der Waals surface area (Å²) in [5.41, 5.74) is 7.87. The number of halogens is 2. The number of benzene rings is 3. The first-order valence-electron chi connectivity index (χ1n) is 10.8. The lowest BCUT2D eigenvalue weighted by molar-refractivity contribution is 0.100. The van der Waals surface area contributed by atoms with Gasteiger partial charge in [-0.25, -0.2) is 4.39 Å². The van der Waals surface area contributed by atoms with Gasteiger partial charge in [-0.1, -0.05) is 54.1 Å². The molecule has 1 aliphatic rings. The first kappa shape index (κ1) is 22.7. The number of carbonyl (C=O) groups excluding carboxylic acids is 1. The minimum atomic E-state index is -0.588. The van der Waals surface area contributed by atoms with Crippen LogP contribution in [0, 0.1) is 18.7 Å². The maximum atomic E-state index is 12.9. The van der Waals surface area contributed by atoms with E-state index in [2.05, 4.69) is 0 Å². The quantitative estimate of drug-likeness (QED) is 0.414. The summed E-state index contributed by atoms with van der Waals surface area (Å²) in [6, 6.07) is 21.0. The van der Waals surface area contributed by atoms with E-state index in [0.29, 0.717) is 32.7 Å². The second kappa shape index (κ2) is 9.59. The molecule has 0 aliphatic heterocycles. The van der Waals surface area contributed by atoms with Crippen molar-refractivity contribution in [2.24, 2.45) is 11.7 Å². The van der Waals surface area contributed by atoms with Crippen molar-refractivity contribution in [3.63, 3.8) is 0 Å². The van der Waals surface area contributed by atoms with Crippen molar-refractivity contribution >= 4 is 28.3 Å². The highest BCUT2D eigenvalue weighted by Crippen LogP contribution is 2.32. The number of amides is 1. The maximum absolute atomic E-state index is 12.9. The summed E-state index contributed by atoms with van der Waals surface area (Å²) in [6.07, 6.45) is 3.73. The molecule has 0 atom stereocenters. The summed E-state index contributed by atoms with van der Waals surface area (Å²) in [5.74, 6) is 0.148. The number of hydrogen-bond donors (Lipinski definition) is 1. The first-order valence-corrected chi connectivity index (χ1v) is 11.2. The molecule has 4 aromatic rings. The first-order chi connectivity index (χ1) is 15.9. The molecule has 0 spiro atoms. The third kappa shape index (κ3) is 4.99. The molecule has 0 bridgehead atoms. The molecular weight excluding hydrogens is 439 g/mol. The molecule has 1 aromatic heterocycles. The van der Waals surface area contributed by atoms with E-state index in [1.54, 1.807) is 49.4 Å². The van der Waals surface area contributed by atoms with Gasteiger partial charge in [0.15, 0.2) is 0 Å². The summed E-state index contributed by atoms with van der Waals surface area (Å²) in [4.78, 5) is 24.8. The number of aromatic nitrogens is 1. The van der Waals surface area contributed by atoms with E-state index in [9.17, 15) is 14.0 Å². The predicted octanol–water partition coefficient (Wildman–Crippen LogP) is 5.83. The summed E-state index contributed by atoms with van der Waals surface area (Å²) < 4.78 is 14.1. The molecule has 2 N–H and O–H groups in total. The fraction of sp³-hybridized carbons (Fsp3) is 0.185. The predicted molar refractivity (Wildman–Crippen MR) is 131 cm³/mol. The lowest BCUT2D eigenvalue weighted by Crippen LogP contribution is -2.26. The molecule has 0 saturated heterocycles. The highest BCUT2D eigenvalue weighted by Gasteiger charge is 2.21. The van der Waals surface area contributed by atoms with Gasteiger partial charge in [-0.15, -0.1) is 0 Å². The second-order valence-corrected chi connectivity index (χ2v) is 8.65. The fourth-order valence-electron chi connectivity index (χ4n) is 4.04. The van der Waals surface area contributed by atoms with Crippen LogP contribution < -0.4 is 11.3 Å². The molecule has 1 fully saturated rings. The number of para-hydroxylation sites is 1. The molecular formula is C27H24ClFN2O2. The largest absolute Gasteiger partial charge is 0.366 e. The Labute approximate surface area is 196 Å². The second-order valence-electron chi connectivity index (χ2n) is 8.24. The lowest BCUT2D eigenvalue weighted by Gasteiger charge is -2.16. The monoisotopic (exact) mass is 462 g/mol. The van der Waals surface area contributed by atoms with Crippen LogP contribution in [0.15, 0.2) is 77.6 Å². The number of primary amides is 1. The number of pyridine rings is 1. The Bertz CT molecular complexity index is 1380. The zero-order valence-corrected chi connectivity index (χ0v) is 19.0. The van der Waals surface area contributed by atoms with Gasteiger partial charge in [0.25, 0.3) is 11.5 Å². The Hall–Kier alpha value is -3.44. The SMILES string of the molecule is Cc1c(C(N)=O)c2cccc(Cl)c2c(=O)n1-c1ccccc1.Fc1cccc(CC2CC2)c1. The molecule has 4 nitrogen and oxygen atoms in total. The van der Waals surface area contributed by atoms with Crippen molar-refractivity contribution in [3.05, 3.63) is 111 Å². The average molecular weight is 463 g/mol. The van der Waals surface area contributed by atoms with E-state index >= 15 is 0 Å². The van der Waals surface area contributed by atoms with E-state index in [-0.39, 0.29) is 11.4 Å². The van der Waals surface area contributed by atoms with Crippen LogP contribution in [-0.2, 0) is 6.42 Å². The van der Waals surface area contributed by atoms with Crippen LogP contribution >= 0.6 is 11.6 Å². The number of carbonyl (C=O) groups is 1. The molecule has 6 heteroatoms. The van der Waals surface area contributed by atoms with Crippen molar-refractivity contribution in [2.45, 2.75) is 26.2 Å². The number of fused-ring (bicyclic) bond motifs is 1. The zero-order chi connectivity index (χ0) is 23.5. The van der Waals surface area contributed by atoms with Crippen LogP contribution in [-0.4, -0.2) is 10.5 Å². The van der Waals surface area contributed by atoms with E-state index in [1.165, 1.54) is 23.5 Å². The standard InChI is InChI=1S/C17H13ClN2O2.C10H11F/c1-10-14(16(19)21)12-8-5-9-13(18)15(12)17(22)20(10)11-6-3-2-4-7-11;11-10-3-1-2-9(7-10)6-8-4-5-8/h2-9H,1H3,(H2,19,21);1-3,7-8H,4-6H2. The zero-order valence-electron chi connectivity index (χ0n) is 18.2. The van der Waals surface area contributed by atoms with Crippen molar-refractivity contribution in [1.82, 2.24) is 4.57 Å². The van der Waals surface area contributed by atoms with Crippen LogP contribution in [0.1, 0.15) is 34.5 Å². The number of nitrogens with zero attached hydrogens (tertiary/aromatic N) is 1. The molecule has 1 saturated carbocycles. The van der Waals surface area contributed by atoms with Gasteiger partial charge in [0, 0.05) is 16.8 Å². The van der Waals surface area contributed by atoms with Crippen molar-refractivity contribution in [1.29, 1.82) is 0 Å². The summed E-state index contributed by atoms with van der Waals surface area (Å²) in [5, 5.41) is 1.08. The van der Waals surface area contributed by atoms with Crippen LogP contribution in [0.25, 0.3) is 16.5 Å². The van der Waals surface area contributed by atoms with E-state index in [4.69, 9.17) is 17.3 Å². The average Bonchev–Trinajstić information content (AvgIpc) is 3.59. The van der Waals surface area contributed by atoms with Gasteiger partial charge in [-0.05, 0) is 68.0 Å². The Balaban J connectivity index is 0.000000196. The van der Waals surface area contributed by atoms with Gasteiger partial charge in [0.2, 0.25) is 0 Å². The molecule has 33 heavy (non-hydrogen) atoms. The summed E-state index contributed by atoms with van der Waals surface area (Å²) >= 11 is 6.19. The molecule has 0 radical (unpaired) electrons. The smallest absolute Gasteiger partial charge is 0.264 e. The normalized spacial score (nSPS) is 12.8. The van der Waals surface area contributed by atoms with Gasteiger partial charge in [0.1, 0.15) is 5.82 Å². The van der Waals surface area contributed by atoms with E-state index in [1.807, 2.05) is 24.3 Å². The Kier molecular flexibility index (Phi) is 6.61. The third-order valence-corrected chi connectivity index (χ3v) is 6.08. The summed E-state index contributed by atoms with van der Waals surface area (Å²) in [6.45, 7) is 1.70. The Morgan fingerprint density at radius 2 is 1.76 bits per heavy atom. The fourth-order valence-corrected chi connectivity index (χ4v) is 4.29. The van der Waals surface area contributed by atoms with Gasteiger partial charge < -0.3 is 5.73 Å². The molecule has 168 valence electrons. The molecule has 5 rings (SSSR count). The molecule has 1 heterocycles. The van der Waals surface area contributed by atoms with Crippen LogP contribution in [0.4, 0.5) is 4.39 Å². The topological polar surface area (TPSA) is 65.1 Å². The molecule has 3 aromatic carbocycles. The number of rotatable bonds is 4. The number of nitrogens with two attached hydrogens (primary N) is 1. The maximum Gasteiger partial charge on any atom is 0.264 e. The van der Waals surface area contributed by atoms with Gasteiger partial charge >= 0.3 is 0 Å². The van der Waals surface area contributed by atoms with Crippen LogP contribution in [0.3, 0.4) is 0 Å². The third-order valence-electron chi connectivity index (χ3n) is 5.77. The molecule has 0 unspecified atom stereocenters. The van der Waals surface area contributed by atoms with E-state index < -0.39 is 5.91 Å². The molecule has 1 aliphatic carbocycles. The highest BCUT2D eigenvalue weighted by atomic mass is 35.5. The summed E-state index contributed by atoms with van der Waals surface area (Å²) in [7, 11) is 0. The van der Waals surface area contributed by atoms with Crippen molar-refractivity contribution in [3.8, 4) is 5.69 Å². The highest BCUT2D eigenvalue weighted by molar-refractivity contribution is 6.36. The Morgan fingerprint density at radius 1 is 1.06 bits per heavy atom. The minimum absolute atomic E-state index is 0.108. The van der Waals surface area contributed by atoms with Crippen molar-refractivity contribution in [2.75, 3.05) is 0 Å².